The third kappa shape index (κ3) is 3.74. The average Bonchev–Trinajstić information content (AvgIpc) is 2.55. The van der Waals surface area contributed by atoms with Gasteiger partial charge in [-0.15, -0.1) is 11.8 Å². The predicted octanol–water partition coefficient (Wildman–Crippen LogP) is 2.63. The summed E-state index contributed by atoms with van der Waals surface area (Å²) in [5, 5.41) is 0. The molecule has 2 amide bonds. The first kappa shape index (κ1) is 16.7. The molecule has 1 aromatic carbocycles. The summed E-state index contributed by atoms with van der Waals surface area (Å²) in [5.74, 6) is 0.0388. The molecule has 0 bridgehead atoms. The van der Waals surface area contributed by atoms with Gasteiger partial charge in [-0.2, -0.15) is 0 Å². The molecular weight excluding hydrogens is 300 g/mol. The molecule has 5 nitrogen and oxygen atoms in total. The Morgan fingerprint density at radius 1 is 1.18 bits per heavy atom. The molecule has 0 aromatic heterocycles. The first-order valence-electron chi connectivity index (χ1n) is 7.42. The lowest BCUT2D eigenvalue weighted by Crippen LogP contribution is -2.50. The van der Waals surface area contributed by atoms with Gasteiger partial charge in [-0.05, 0) is 37.8 Å². The summed E-state index contributed by atoms with van der Waals surface area (Å²) in [4.78, 5) is 28.9. The van der Waals surface area contributed by atoms with Crippen molar-refractivity contribution in [1.82, 2.24) is 9.80 Å². The Morgan fingerprint density at radius 2 is 1.82 bits per heavy atom. The number of amides is 2. The molecule has 0 atom stereocenters. The number of hydrogen-bond donors (Lipinski definition) is 0. The van der Waals surface area contributed by atoms with Gasteiger partial charge in [0.1, 0.15) is 0 Å². The Kier molecular flexibility index (Phi) is 5.71. The highest BCUT2D eigenvalue weighted by atomic mass is 32.2. The molecule has 0 radical (unpaired) electrons. The number of carbonyl (C=O) groups excluding carboxylic acids is 2. The fraction of sp³-hybridized carbons (Fsp3) is 0.500. The van der Waals surface area contributed by atoms with Gasteiger partial charge >= 0.3 is 6.09 Å². The number of ether oxygens (including phenoxy) is 1. The largest absolute Gasteiger partial charge is 0.450 e. The van der Waals surface area contributed by atoms with Crippen molar-refractivity contribution in [3.05, 3.63) is 29.3 Å². The van der Waals surface area contributed by atoms with Crippen LogP contribution in [0, 0.1) is 6.92 Å². The lowest BCUT2D eigenvalue weighted by atomic mass is 10.1. The molecule has 120 valence electrons. The Balaban J connectivity index is 2.02. The second-order valence-electron chi connectivity index (χ2n) is 5.16. The molecule has 0 aliphatic carbocycles. The number of hydrogen-bond acceptors (Lipinski definition) is 4. The number of rotatable bonds is 3. The van der Waals surface area contributed by atoms with Crippen molar-refractivity contribution in [3.63, 3.8) is 0 Å². The molecule has 0 unspecified atom stereocenters. The number of benzene rings is 1. The summed E-state index contributed by atoms with van der Waals surface area (Å²) in [5.41, 5.74) is 1.73. The fourth-order valence-corrected chi connectivity index (χ4v) is 2.88. The fourth-order valence-electron chi connectivity index (χ4n) is 2.44. The third-order valence-corrected chi connectivity index (χ3v) is 4.49. The topological polar surface area (TPSA) is 49.9 Å². The van der Waals surface area contributed by atoms with Gasteiger partial charge in [0.15, 0.2) is 0 Å². The van der Waals surface area contributed by atoms with Gasteiger partial charge in [-0.25, -0.2) is 4.79 Å². The van der Waals surface area contributed by atoms with E-state index in [2.05, 4.69) is 0 Å². The van der Waals surface area contributed by atoms with E-state index in [1.54, 1.807) is 23.6 Å². The van der Waals surface area contributed by atoms with Crippen LogP contribution in [0.3, 0.4) is 0 Å². The van der Waals surface area contributed by atoms with Crippen molar-refractivity contribution in [2.45, 2.75) is 18.7 Å². The Bertz CT molecular complexity index is 554. The number of carbonyl (C=O) groups is 2. The van der Waals surface area contributed by atoms with Crippen LogP contribution in [0.5, 0.6) is 0 Å². The van der Waals surface area contributed by atoms with E-state index in [4.69, 9.17) is 4.74 Å². The van der Waals surface area contributed by atoms with Crippen molar-refractivity contribution < 1.29 is 14.3 Å². The quantitative estimate of drug-likeness (QED) is 0.803. The van der Waals surface area contributed by atoms with E-state index in [9.17, 15) is 9.59 Å². The monoisotopic (exact) mass is 322 g/mol. The minimum absolute atomic E-state index is 0.0388. The predicted molar refractivity (Wildman–Crippen MR) is 87.5 cm³/mol. The summed E-state index contributed by atoms with van der Waals surface area (Å²) >= 11 is 1.63. The Hall–Kier alpha value is -1.69. The molecule has 1 aromatic rings. The first-order chi connectivity index (χ1) is 10.6. The Morgan fingerprint density at radius 3 is 2.41 bits per heavy atom. The molecule has 1 fully saturated rings. The van der Waals surface area contributed by atoms with Crippen LogP contribution in [0.25, 0.3) is 0 Å². The van der Waals surface area contributed by atoms with Gasteiger partial charge in [0.2, 0.25) is 0 Å². The summed E-state index contributed by atoms with van der Waals surface area (Å²) in [6, 6.07) is 5.95. The lowest BCUT2D eigenvalue weighted by Gasteiger charge is -2.34. The third-order valence-electron chi connectivity index (χ3n) is 3.77. The summed E-state index contributed by atoms with van der Waals surface area (Å²) in [6.45, 7) is 6.24. The molecule has 1 aliphatic heterocycles. The zero-order valence-corrected chi connectivity index (χ0v) is 14.1. The standard InChI is InChI=1S/C16H22N2O3S/c1-4-21-16(20)18-9-7-17(8-10-18)15(19)14-11-13(22-3)6-5-12(14)2/h5-6,11H,4,7-10H2,1-3H3. The average molecular weight is 322 g/mol. The van der Waals surface area contributed by atoms with E-state index in [0.29, 0.717) is 32.8 Å². The lowest BCUT2D eigenvalue weighted by molar-refractivity contribution is 0.0569. The molecule has 1 heterocycles. The van der Waals surface area contributed by atoms with Gasteiger partial charge in [0, 0.05) is 36.6 Å². The van der Waals surface area contributed by atoms with Crippen molar-refractivity contribution in [1.29, 1.82) is 0 Å². The van der Waals surface area contributed by atoms with Crippen molar-refractivity contribution in [2.24, 2.45) is 0 Å². The smallest absolute Gasteiger partial charge is 0.409 e. The van der Waals surface area contributed by atoms with Crippen LogP contribution in [-0.4, -0.2) is 60.8 Å². The van der Waals surface area contributed by atoms with E-state index < -0.39 is 0 Å². The zero-order valence-electron chi connectivity index (χ0n) is 13.3. The molecule has 22 heavy (non-hydrogen) atoms. The van der Waals surface area contributed by atoms with Crippen LogP contribution >= 0.6 is 11.8 Å². The van der Waals surface area contributed by atoms with E-state index in [-0.39, 0.29) is 12.0 Å². The minimum atomic E-state index is -0.296. The highest BCUT2D eigenvalue weighted by Crippen LogP contribution is 2.21. The molecule has 1 saturated heterocycles. The van der Waals surface area contributed by atoms with Gasteiger partial charge in [0.25, 0.3) is 5.91 Å². The summed E-state index contributed by atoms with van der Waals surface area (Å²) in [7, 11) is 0. The second kappa shape index (κ2) is 7.54. The molecular formula is C16H22N2O3S. The second-order valence-corrected chi connectivity index (χ2v) is 6.04. The number of thioether (sulfide) groups is 1. The van der Waals surface area contributed by atoms with Crippen LogP contribution in [0.2, 0.25) is 0 Å². The molecule has 6 heteroatoms. The Labute approximate surface area is 135 Å². The molecule has 2 rings (SSSR count). The van der Waals surface area contributed by atoms with E-state index in [1.807, 2.05) is 36.3 Å². The van der Waals surface area contributed by atoms with Crippen LogP contribution in [0.1, 0.15) is 22.8 Å². The maximum Gasteiger partial charge on any atom is 0.409 e. The van der Waals surface area contributed by atoms with Crippen molar-refractivity contribution >= 4 is 23.8 Å². The van der Waals surface area contributed by atoms with Gasteiger partial charge < -0.3 is 14.5 Å². The SMILES string of the molecule is CCOC(=O)N1CCN(C(=O)c2cc(SC)ccc2C)CC1. The van der Waals surface area contributed by atoms with Crippen LogP contribution in [0.15, 0.2) is 23.1 Å². The summed E-state index contributed by atoms with van der Waals surface area (Å²) < 4.78 is 4.99. The zero-order chi connectivity index (χ0) is 16.1. The normalized spacial score (nSPS) is 14.9. The molecule has 0 spiro atoms. The highest BCUT2D eigenvalue weighted by Gasteiger charge is 2.26. The van der Waals surface area contributed by atoms with Gasteiger partial charge in [0.05, 0.1) is 6.61 Å². The van der Waals surface area contributed by atoms with Crippen LogP contribution < -0.4 is 0 Å². The molecule has 0 N–H and O–H groups in total. The van der Waals surface area contributed by atoms with E-state index in [0.717, 1.165) is 16.0 Å². The first-order valence-corrected chi connectivity index (χ1v) is 8.65. The molecule has 0 saturated carbocycles. The van der Waals surface area contributed by atoms with Crippen molar-refractivity contribution in [2.75, 3.05) is 39.0 Å². The summed E-state index contributed by atoms with van der Waals surface area (Å²) in [6.07, 6.45) is 1.70. The maximum absolute atomic E-state index is 12.7. The van der Waals surface area contributed by atoms with Crippen molar-refractivity contribution in [3.8, 4) is 0 Å². The molecule has 1 aliphatic rings. The van der Waals surface area contributed by atoms with Crippen LogP contribution in [-0.2, 0) is 4.74 Å². The van der Waals surface area contributed by atoms with E-state index in [1.165, 1.54) is 0 Å². The number of piperazine rings is 1. The highest BCUT2D eigenvalue weighted by molar-refractivity contribution is 7.98. The maximum atomic E-state index is 12.7. The minimum Gasteiger partial charge on any atom is -0.450 e. The number of nitrogens with zero attached hydrogens (tertiary/aromatic N) is 2. The van der Waals surface area contributed by atoms with Gasteiger partial charge in [-0.1, -0.05) is 6.07 Å². The van der Waals surface area contributed by atoms with Crippen LogP contribution in [0.4, 0.5) is 4.79 Å². The number of aryl methyl sites for hydroxylation is 1. The van der Waals surface area contributed by atoms with E-state index >= 15 is 0 Å². The van der Waals surface area contributed by atoms with Gasteiger partial charge in [-0.3, -0.25) is 4.79 Å².